The molecule has 4 heterocycles. The number of aryl methyl sites for hydroxylation is 2. The molecule has 7 nitrogen and oxygen atoms in total. The Kier molecular flexibility index (Phi) is 3.88. The number of pyridine rings is 1. The number of hydrogen-bond acceptors (Lipinski definition) is 6. The van der Waals surface area contributed by atoms with Gasteiger partial charge in [-0.2, -0.15) is 0 Å². The third-order valence-corrected chi connectivity index (χ3v) is 5.84. The fourth-order valence-electron chi connectivity index (χ4n) is 3.40. The minimum absolute atomic E-state index is 0.112. The number of furan rings is 1. The van der Waals surface area contributed by atoms with Crippen LogP contribution in [0, 0.1) is 6.92 Å². The smallest absolute Gasteiger partial charge is 0.340 e. The Hall–Kier alpha value is -3.65. The SMILES string of the molecule is Cc1oc2cccc(Oc3ccnc4cc(-c5nccn5C)sc34)c2c1C(=O)O. The molecule has 0 radical (unpaired) electrons. The van der Waals surface area contributed by atoms with Crippen molar-refractivity contribution in [1.29, 1.82) is 0 Å². The lowest BCUT2D eigenvalue weighted by atomic mass is 10.1. The molecule has 0 aliphatic rings. The molecule has 0 unspecified atom stereocenters. The van der Waals surface area contributed by atoms with E-state index in [4.69, 9.17) is 9.15 Å². The van der Waals surface area contributed by atoms with E-state index in [-0.39, 0.29) is 5.56 Å². The molecule has 0 bridgehead atoms. The summed E-state index contributed by atoms with van der Waals surface area (Å²) in [6, 6.07) is 8.99. The summed E-state index contributed by atoms with van der Waals surface area (Å²) in [6.45, 7) is 1.64. The normalized spacial score (nSPS) is 11.4. The van der Waals surface area contributed by atoms with E-state index in [1.54, 1.807) is 43.6 Å². The van der Waals surface area contributed by atoms with Crippen molar-refractivity contribution in [3.8, 4) is 22.2 Å². The van der Waals surface area contributed by atoms with Crippen LogP contribution in [0.25, 0.3) is 31.9 Å². The van der Waals surface area contributed by atoms with Crippen LogP contribution in [0.5, 0.6) is 11.5 Å². The molecule has 5 rings (SSSR count). The highest BCUT2D eigenvalue weighted by Gasteiger charge is 2.22. The van der Waals surface area contributed by atoms with Gasteiger partial charge in [0.25, 0.3) is 0 Å². The summed E-state index contributed by atoms with van der Waals surface area (Å²) in [5.74, 6) is 1.17. The molecule has 0 spiro atoms. The Morgan fingerprint density at radius 3 is 2.83 bits per heavy atom. The second-order valence-corrected chi connectivity index (χ2v) is 7.62. The number of benzene rings is 1. The maximum absolute atomic E-state index is 11.7. The molecule has 0 aliphatic heterocycles. The summed E-state index contributed by atoms with van der Waals surface area (Å²) < 4.78 is 14.6. The van der Waals surface area contributed by atoms with Crippen molar-refractivity contribution in [2.45, 2.75) is 6.92 Å². The van der Waals surface area contributed by atoms with E-state index in [0.29, 0.717) is 28.2 Å². The molecule has 0 fully saturated rings. The van der Waals surface area contributed by atoms with Gasteiger partial charge in [0.15, 0.2) is 0 Å². The standard InChI is InChI=1S/C21H15N3O4S/c1-11-17(21(25)26)18-13(27-11)4-3-5-14(18)28-15-6-7-22-12-10-16(29-19(12)15)20-23-8-9-24(20)2/h3-10H,1-2H3,(H,25,26). The van der Waals surface area contributed by atoms with Crippen molar-refractivity contribution in [1.82, 2.24) is 14.5 Å². The second-order valence-electron chi connectivity index (χ2n) is 6.57. The van der Waals surface area contributed by atoms with Gasteiger partial charge in [-0.05, 0) is 25.1 Å². The third kappa shape index (κ3) is 2.76. The van der Waals surface area contributed by atoms with Gasteiger partial charge in [-0.3, -0.25) is 4.98 Å². The lowest BCUT2D eigenvalue weighted by molar-refractivity contribution is 0.0696. The summed E-state index contributed by atoms with van der Waals surface area (Å²) in [5.41, 5.74) is 1.38. The highest BCUT2D eigenvalue weighted by atomic mass is 32.1. The number of hydrogen-bond donors (Lipinski definition) is 1. The molecule has 0 aliphatic carbocycles. The van der Waals surface area contributed by atoms with Gasteiger partial charge in [-0.15, -0.1) is 11.3 Å². The van der Waals surface area contributed by atoms with Crippen LogP contribution in [0.2, 0.25) is 0 Å². The van der Waals surface area contributed by atoms with Gasteiger partial charge < -0.3 is 18.8 Å². The fraction of sp³-hybridized carbons (Fsp3) is 0.0952. The van der Waals surface area contributed by atoms with Crippen LogP contribution in [0.3, 0.4) is 0 Å². The largest absolute Gasteiger partial charge is 0.478 e. The fourth-order valence-corrected chi connectivity index (χ4v) is 4.51. The number of rotatable bonds is 4. The maximum Gasteiger partial charge on any atom is 0.340 e. The van der Waals surface area contributed by atoms with Crippen LogP contribution >= 0.6 is 11.3 Å². The van der Waals surface area contributed by atoms with E-state index in [1.165, 1.54) is 11.3 Å². The van der Waals surface area contributed by atoms with Crippen LogP contribution < -0.4 is 4.74 Å². The minimum atomic E-state index is -1.05. The lowest BCUT2D eigenvalue weighted by Crippen LogP contribution is -1.98. The first-order chi connectivity index (χ1) is 14.0. The van der Waals surface area contributed by atoms with Crippen LogP contribution in [-0.2, 0) is 7.05 Å². The van der Waals surface area contributed by atoms with Crippen LogP contribution in [-0.4, -0.2) is 25.6 Å². The highest BCUT2D eigenvalue weighted by Crippen LogP contribution is 2.41. The van der Waals surface area contributed by atoms with Gasteiger partial charge in [0.05, 0.1) is 20.5 Å². The number of fused-ring (bicyclic) bond motifs is 2. The quantitative estimate of drug-likeness (QED) is 0.440. The molecule has 144 valence electrons. The Labute approximate surface area is 168 Å². The molecule has 0 saturated carbocycles. The first kappa shape index (κ1) is 17.4. The third-order valence-electron chi connectivity index (χ3n) is 4.70. The molecular formula is C21H15N3O4S. The molecule has 8 heteroatoms. The molecule has 0 atom stereocenters. The van der Waals surface area contributed by atoms with Crippen molar-refractivity contribution in [2.75, 3.05) is 0 Å². The van der Waals surface area contributed by atoms with Gasteiger partial charge in [-0.25, -0.2) is 9.78 Å². The first-order valence-electron chi connectivity index (χ1n) is 8.82. The minimum Gasteiger partial charge on any atom is -0.478 e. The molecule has 1 aromatic carbocycles. The van der Waals surface area contributed by atoms with Gasteiger partial charge >= 0.3 is 5.97 Å². The van der Waals surface area contributed by atoms with Crippen molar-refractivity contribution >= 4 is 38.5 Å². The van der Waals surface area contributed by atoms with Crippen LogP contribution in [0.1, 0.15) is 16.1 Å². The van der Waals surface area contributed by atoms with Crippen LogP contribution in [0.4, 0.5) is 0 Å². The molecule has 0 amide bonds. The predicted molar refractivity (Wildman–Crippen MR) is 110 cm³/mol. The lowest BCUT2D eigenvalue weighted by Gasteiger charge is -2.08. The molecule has 29 heavy (non-hydrogen) atoms. The van der Waals surface area contributed by atoms with E-state index in [0.717, 1.165) is 20.9 Å². The number of thiophene rings is 1. The van der Waals surface area contributed by atoms with Gasteiger partial charge in [-0.1, -0.05) is 6.07 Å². The molecule has 4 aromatic heterocycles. The number of carboxylic acids is 1. The Balaban J connectivity index is 1.66. The van der Waals surface area contributed by atoms with Gasteiger partial charge in [0, 0.05) is 31.7 Å². The summed E-state index contributed by atoms with van der Waals surface area (Å²) in [7, 11) is 1.94. The zero-order chi connectivity index (χ0) is 20.1. The number of carboxylic acid groups (broad SMARTS) is 1. The van der Waals surface area contributed by atoms with E-state index in [1.807, 2.05) is 23.9 Å². The second kappa shape index (κ2) is 6.46. The van der Waals surface area contributed by atoms with Crippen molar-refractivity contribution in [3.05, 3.63) is 60.2 Å². The van der Waals surface area contributed by atoms with Crippen molar-refractivity contribution in [3.63, 3.8) is 0 Å². The Bertz CT molecular complexity index is 1400. The molecule has 0 saturated heterocycles. The van der Waals surface area contributed by atoms with Gasteiger partial charge in [0.2, 0.25) is 0 Å². The topological polar surface area (TPSA) is 90.4 Å². The van der Waals surface area contributed by atoms with Crippen LogP contribution in [0.15, 0.2) is 53.3 Å². The molecule has 5 aromatic rings. The van der Waals surface area contributed by atoms with E-state index in [9.17, 15) is 9.90 Å². The summed E-state index contributed by atoms with van der Waals surface area (Å²) in [6.07, 6.45) is 5.31. The summed E-state index contributed by atoms with van der Waals surface area (Å²) in [5, 5.41) is 10.1. The predicted octanol–water partition coefficient (Wildman–Crippen LogP) is 5.24. The van der Waals surface area contributed by atoms with E-state index >= 15 is 0 Å². The summed E-state index contributed by atoms with van der Waals surface area (Å²) >= 11 is 1.53. The molecule has 1 N–H and O–H groups in total. The Morgan fingerprint density at radius 2 is 2.07 bits per heavy atom. The van der Waals surface area contributed by atoms with Crippen molar-refractivity contribution in [2.24, 2.45) is 7.05 Å². The average Bonchev–Trinajstić information content (AvgIpc) is 3.37. The van der Waals surface area contributed by atoms with E-state index in [2.05, 4.69) is 9.97 Å². The maximum atomic E-state index is 11.7. The monoisotopic (exact) mass is 405 g/mol. The summed E-state index contributed by atoms with van der Waals surface area (Å²) in [4.78, 5) is 21.6. The number of carbonyl (C=O) groups is 1. The highest BCUT2D eigenvalue weighted by molar-refractivity contribution is 7.22. The number of imidazole rings is 1. The number of aromatic carboxylic acids is 1. The van der Waals surface area contributed by atoms with Gasteiger partial charge in [0.1, 0.15) is 34.2 Å². The first-order valence-corrected chi connectivity index (χ1v) is 9.64. The van der Waals surface area contributed by atoms with E-state index < -0.39 is 5.97 Å². The zero-order valence-corrected chi connectivity index (χ0v) is 16.4. The number of aromatic nitrogens is 3. The molecular weight excluding hydrogens is 390 g/mol. The number of ether oxygens (including phenoxy) is 1. The number of nitrogens with zero attached hydrogens (tertiary/aromatic N) is 3. The van der Waals surface area contributed by atoms with Crippen molar-refractivity contribution < 1.29 is 19.1 Å². The zero-order valence-electron chi connectivity index (χ0n) is 15.5. The Morgan fingerprint density at radius 1 is 1.21 bits per heavy atom. The average molecular weight is 405 g/mol.